The number of ether oxygens (including phenoxy) is 1. The number of para-hydroxylation sites is 1. The first kappa shape index (κ1) is 33.9. The number of carbonyl (C=O) groups excluding carboxylic acids is 2. The number of benzene rings is 2. The Kier molecular flexibility index (Phi) is 10.6. The fraction of sp³-hybridized carbons (Fsp3) is 0.568. The zero-order chi connectivity index (χ0) is 33.2. The first-order chi connectivity index (χ1) is 22.6. The topological polar surface area (TPSA) is 70.1 Å². The summed E-state index contributed by atoms with van der Waals surface area (Å²) in [4.78, 5) is 33.9. The average molecular weight is 666 g/mol. The Labute approximate surface area is 283 Å². The molecule has 254 valence electrons. The standard InChI is InChI=1S/C37H49ClFN5O3/c1-24-9-11-29(12-10-24)47-23-28-19-27(43-15-13-26(14-16-43)41(2)3)21-44(28)36(45)18-25-17-32(38)34(20-33(25)39)40-37(46)31-22-42(4)35-8-6-5-7-30(31)35/h5-8,17,20,22,24,26-29H,9-16,18-19,21,23H2,1-4H3,(H,40,46)/t24?,27-,28-,29?/m0/s1. The van der Waals surface area contributed by atoms with Gasteiger partial charge in [-0.05, 0) is 102 Å². The van der Waals surface area contributed by atoms with Crippen molar-refractivity contribution < 1.29 is 18.7 Å². The van der Waals surface area contributed by atoms with Crippen LogP contribution in [0.5, 0.6) is 0 Å². The molecule has 6 rings (SSSR count). The molecule has 0 unspecified atom stereocenters. The molecule has 1 N–H and O–H groups in total. The minimum Gasteiger partial charge on any atom is -0.376 e. The van der Waals surface area contributed by atoms with Gasteiger partial charge in [0, 0.05) is 42.8 Å². The van der Waals surface area contributed by atoms with E-state index < -0.39 is 5.82 Å². The van der Waals surface area contributed by atoms with E-state index in [4.69, 9.17) is 16.3 Å². The molecule has 3 aliphatic rings. The molecular weight excluding hydrogens is 617 g/mol. The first-order valence-corrected chi connectivity index (χ1v) is 17.6. The van der Waals surface area contributed by atoms with Crippen LogP contribution in [0.2, 0.25) is 5.02 Å². The van der Waals surface area contributed by atoms with Crippen molar-refractivity contribution in [2.75, 3.05) is 45.7 Å². The lowest BCUT2D eigenvalue weighted by atomic mass is 9.89. The number of aryl methyl sites for hydroxylation is 1. The van der Waals surface area contributed by atoms with Crippen molar-refractivity contribution in [3.05, 3.63) is 64.6 Å². The largest absolute Gasteiger partial charge is 0.376 e. The quantitative estimate of drug-likeness (QED) is 0.288. The molecule has 47 heavy (non-hydrogen) atoms. The number of rotatable bonds is 9. The van der Waals surface area contributed by atoms with Crippen LogP contribution in [0, 0.1) is 11.7 Å². The summed E-state index contributed by atoms with van der Waals surface area (Å²) in [5.41, 5.74) is 1.79. The normalized spacial score (nSPS) is 24.4. The van der Waals surface area contributed by atoms with Gasteiger partial charge in [0.05, 0.1) is 41.4 Å². The van der Waals surface area contributed by atoms with Crippen molar-refractivity contribution in [2.24, 2.45) is 13.0 Å². The van der Waals surface area contributed by atoms with Gasteiger partial charge in [0.2, 0.25) is 5.91 Å². The third-order valence-electron chi connectivity index (χ3n) is 10.8. The molecule has 10 heteroatoms. The summed E-state index contributed by atoms with van der Waals surface area (Å²) in [7, 11) is 6.17. The number of hydrogen-bond acceptors (Lipinski definition) is 5. The molecule has 2 amide bonds. The number of carbonyl (C=O) groups is 2. The van der Waals surface area contributed by atoms with Gasteiger partial charge in [-0.3, -0.25) is 14.5 Å². The summed E-state index contributed by atoms with van der Waals surface area (Å²) in [6.07, 6.45) is 9.48. The van der Waals surface area contributed by atoms with Crippen LogP contribution in [0.3, 0.4) is 0 Å². The van der Waals surface area contributed by atoms with Gasteiger partial charge < -0.3 is 24.4 Å². The minimum absolute atomic E-state index is 0.0452. The number of anilines is 1. The lowest BCUT2D eigenvalue weighted by Gasteiger charge is -2.38. The highest BCUT2D eigenvalue weighted by Gasteiger charge is 2.40. The Hall–Kier alpha value is -2.98. The van der Waals surface area contributed by atoms with Crippen LogP contribution in [0.25, 0.3) is 10.9 Å². The Morgan fingerprint density at radius 2 is 1.79 bits per heavy atom. The number of nitrogens with zero attached hydrogens (tertiary/aromatic N) is 4. The van der Waals surface area contributed by atoms with E-state index in [2.05, 4.69) is 36.1 Å². The number of piperidine rings is 1. The monoisotopic (exact) mass is 665 g/mol. The van der Waals surface area contributed by atoms with Gasteiger partial charge >= 0.3 is 0 Å². The second-order valence-corrected chi connectivity index (χ2v) is 14.7. The second kappa shape index (κ2) is 14.6. The summed E-state index contributed by atoms with van der Waals surface area (Å²) in [5, 5.41) is 3.77. The van der Waals surface area contributed by atoms with E-state index in [9.17, 15) is 9.59 Å². The van der Waals surface area contributed by atoms with Gasteiger partial charge in [0.15, 0.2) is 0 Å². The molecule has 8 nitrogen and oxygen atoms in total. The molecular formula is C37H49ClFN5O3. The summed E-state index contributed by atoms with van der Waals surface area (Å²) in [5.74, 6) is -0.320. The SMILES string of the molecule is CC1CCC(OC[C@@H]2C[C@H](N3CCC(N(C)C)CC3)CN2C(=O)Cc2cc(Cl)c(NC(=O)c3cn(C)c4ccccc34)cc2F)CC1. The maximum Gasteiger partial charge on any atom is 0.257 e. The molecule has 2 atom stereocenters. The predicted octanol–water partition coefficient (Wildman–Crippen LogP) is 6.36. The summed E-state index contributed by atoms with van der Waals surface area (Å²) >= 11 is 6.59. The van der Waals surface area contributed by atoms with E-state index in [1.165, 1.54) is 25.0 Å². The van der Waals surface area contributed by atoms with Crippen LogP contribution < -0.4 is 5.32 Å². The van der Waals surface area contributed by atoms with Crippen molar-refractivity contribution in [1.82, 2.24) is 19.3 Å². The van der Waals surface area contributed by atoms with E-state index in [0.29, 0.717) is 24.8 Å². The number of amides is 2. The van der Waals surface area contributed by atoms with Gasteiger partial charge in [-0.2, -0.15) is 0 Å². The van der Waals surface area contributed by atoms with Gasteiger partial charge in [0.1, 0.15) is 5.82 Å². The average Bonchev–Trinajstić information content (AvgIpc) is 3.65. The number of nitrogens with one attached hydrogen (secondary N) is 1. The summed E-state index contributed by atoms with van der Waals surface area (Å²) < 4.78 is 23.9. The van der Waals surface area contributed by atoms with Crippen molar-refractivity contribution in [3.8, 4) is 0 Å². The Morgan fingerprint density at radius 1 is 1.06 bits per heavy atom. The fourth-order valence-corrected chi connectivity index (χ4v) is 8.06. The smallest absolute Gasteiger partial charge is 0.257 e. The highest BCUT2D eigenvalue weighted by atomic mass is 35.5. The molecule has 3 fully saturated rings. The van der Waals surface area contributed by atoms with Crippen LogP contribution >= 0.6 is 11.6 Å². The lowest BCUT2D eigenvalue weighted by molar-refractivity contribution is -0.133. The lowest BCUT2D eigenvalue weighted by Crippen LogP contribution is -2.47. The Morgan fingerprint density at radius 3 is 2.51 bits per heavy atom. The maximum atomic E-state index is 15.6. The van der Waals surface area contributed by atoms with E-state index in [0.717, 1.165) is 62.0 Å². The molecule has 2 aromatic carbocycles. The molecule has 0 spiro atoms. The van der Waals surface area contributed by atoms with E-state index in [1.54, 1.807) is 6.20 Å². The number of aromatic nitrogens is 1. The number of fused-ring (bicyclic) bond motifs is 1. The zero-order valence-electron chi connectivity index (χ0n) is 28.2. The van der Waals surface area contributed by atoms with Gasteiger partial charge in [-0.15, -0.1) is 0 Å². The van der Waals surface area contributed by atoms with Gasteiger partial charge in [0.25, 0.3) is 5.91 Å². The third-order valence-corrected chi connectivity index (χ3v) is 11.1. The fourth-order valence-electron chi connectivity index (χ4n) is 7.83. The molecule has 0 bridgehead atoms. The molecule has 2 saturated heterocycles. The van der Waals surface area contributed by atoms with E-state index >= 15 is 4.39 Å². The molecule has 3 aromatic rings. The molecule has 3 heterocycles. The molecule has 1 saturated carbocycles. The molecule has 0 radical (unpaired) electrons. The Balaban J connectivity index is 1.13. The van der Waals surface area contributed by atoms with E-state index in [-0.39, 0.29) is 52.7 Å². The van der Waals surface area contributed by atoms with Crippen LogP contribution in [-0.2, 0) is 23.0 Å². The predicted molar refractivity (Wildman–Crippen MR) is 186 cm³/mol. The van der Waals surface area contributed by atoms with Crippen LogP contribution in [0.4, 0.5) is 10.1 Å². The summed E-state index contributed by atoms with van der Waals surface area (Å²) in [6, 6.07) is 11.1. The van der Waals surface area contributed by atoms with E-state index in [1.807, 2.05) is 40.8 Å². The highest BCUT2D eigenvalue weighted by Crippen LogP contribution is 2.32. The van der Waals surface area contributed by atoms with Crippen molar-refractivity contribution >= 4 is 40.0 Å². The minimum atomic E-state index is -0.568. The zero-order valence-corrected chi connectivity index (χ0v) is 28.9. The van der Waals surface area contributed by atoms with Crippen molar-refractivity contribution in [3.63, 3.8) is 0 Å². The van der Waals surface area contributed by atoms with Crippen LogP contribution in [0.15, 0.2) is 42.6 Å². The van der Waals surface area contributed by atoms with Crippen LogP contribution in [-0.4, -0.2) is 95.6 Å². The van der Waals surface area contributed by atoms with Gasteiger partial charge in [-0.1, -0.05) is 36.7 Å². The molecule has 1 aliphatic carbocycles. The Bertz CT molecular complexity index is 1580. The first-order valence-electron chi connectivity index (χ1n) is 17.2. The number of halogens is 2. The molecule has 1 aromatic heterocycles. The van der Waals surface area contributed by atoms with Gasteiger partial charge in [-0.25, -0.2) is 4.39 Å². The van der Waals surface area contributed by atoms with Crippen molar-refractivity contribution in [2.45, 2.75) is 82.5 Å². The van der Waals surface area contributed by atoms with Crippen LogP contribution in [0.1, 0.15) is 67.8 Å². The van der Waals surface area contributed by atoms with Crippen molar-refractivity contribution in [1.29, 1.82) is 0 Å². The third kappa shape index (κ3) is 7.69. The number of hydrogen-bond donors (Lipinski definition) is 1. The molecule has 2 aliphatic heterocycles. The highest BCUT2D eigenvalue weighted by molar-refractivity contribution is 6.34. The second-order valence-electron chi connectivity index (χ2n) is 14.3. The summed E-state index contributed by atoms with van der Waals surface area (Å²) in [6.45, 7) is 5.46. The number of likely N-dealkylation sites (tertiary alicyclic amines) is 2. The maximum absolute atomic E-state index is 15.6.